The molecule has 0 atom stereocenters. The van der Waals surface area contributed by atoms with Gasteiger partial charge in [-0.15, -0.1) is 17.0 Å². The van der Waals surface area contributed by atoms with Crippen molar-refractivity contribution in [1.29, 1.82) is 0 Å². The Morgan fingerprint density at radius 2 is 1.67 bits per heavy atom. The SMILES string of the molecule is Br.CCCCCCCCCCN1CCCN=C1N. The first-order chi connectivity index (χ1) is 8.34. The Morgan fingerprint density at radius 1 is 1.06 bits per heavy atom. The van der Waals surface area contributed by atoms with Gasteiger partial charge in [0.15, 0.2) is 5.96 Å². The predicted octanol–water partition coefficient (Wildman–Crippen LogP) is 3.73. The van der Waals surface area contributed by atoms with Crippen molar-refractivity contribution in [2.75, 3.05) is 19.6 Å². The van der Waals surface area contributed by atoms with Crippen molar-refractivity contribution in [2.45, 2.75) is 64.7 Å². The molecule has 0 amide bonds. The number of hydrogen-bond acceptors (Lipinski definition) is 3. The third kappa shape index (κ3) is 7.96. The average molecular weight is 320 g/mol. The lowest BCUT2D eigenvalue weighted by Crippen LogP contribution is -2.41. The predicted molar refractivity (Wildman–Crippen MR) is 85.6 cm³/mol. The zero-order valence-corrected chi connectivity index (χ0v) is 13.6. The molecule has 0 aromatic rings. The van der Waals surface area contributed by atoms with E-state index in [1.807, 2.05) is 0 Å². The summed E-state index contributed by atoms with van der Waals surface area (Å²) in [5.41, 5.74) is 5.85. The van der Waals surface area contributed by atoms with Crippen LogP contribution in [-0.4, -0.2) is 30.5 Å². The van der Waals surface area contributed by atoms with Gasteiger partial charge in [0, 0.05) is 19.6 Å². The lowest BCUT2D eigenvalue weighted by Gasteiger charge is -2.26. The van der Waals surface area contributed by atoms with Crippen molar-refractivity contribution in [2.24, 2.45) is 10.7 Å². The third-order valence-electron chi connectivity index (χ3n) is 3.47. The molecule has 3 nitrogen and oxygen atoms in total. The van der Waals surface area contributed by atoms with E-state index in [2.05, 4.69) is 16.8 Å². The molecule has 1 rings (SSSR count). The monoisotopic (exact) mass is 319 g/mol. The molecule has 4 heteroatoms. The van der Waals surface area contributed by atoms with Crippen LogP contribution < -0.4 is 5.73 Å². The second kappa shape index (κ2) is 11.8. The van der Waals surface area contributed by atoms with Gasteiger partial charge in [-0.3, -0.25) is 4.99 Å². The fourth-order valence-corrected chi connectivity index (χ4v) is 2.33. The number of rotatable bonds is 9. The van der Waals surface area contributed by atoms with Crippen LogP contribution in [-0.2, 0) is 0 Å². The topological polar surface area (TPSA) is 41.6 Å². The summed E-state index contributed by atoms with van der Waals surface area (Å²) in [6.07, 6.45) is 12.1. The van der Waals surface area contributed by atoms with Crippen molar-refractivity contribution >= 4 is 22.9 Å². The van der Waals surface area contributed by atoms with Crippen molar-refractivity contribution in [3.63, 3.8) is 0 Å². The van der Waals surface area contributed by atoms with Crippen LogP contribution in [0.3, 0.4) is 0 Å². The van der Waals surface area contributed by atoms with E-state index in [4.69, 9.17) is 5.73 Å². The van der Waals surface area contributed by atoms with Crippen LogP contribution >= 0.6 is 17.0 Å². The number of aliphatic imine (C=N–C) groups is 1. The highest BCUT2D eigenvalue weighted by Gasteiger charge is 2.10. The van der Waals surface area contributed by atoms with Crippen LogP contribution in [0.4, 0.5) is 0 Å². The molecule has 0 fully saturated rings. The quantitative estimate of drug-likeness (QED) is 0.658. The van der Waals surface area contributed by atoms with Gasteiger partial charge >= 0.3 is 0 Å². The maximum atomic E-state index is 5.85. The molecule has 1 aliphatic rings. The van der Waals surface area contributed by atoms with Crippen LogP contribution in [0.2, 0.25) is 0 Å². The molecular weight excluding hydrogens is 290 g/mol. The summed E-state index contributed by atoms with van der Waals surface area (Å²) in [7, 11) is 0. The van der Waals surface area contributed by atoms with E-state index in [0.29, 0.717) is 0 Å². The molecule has 2 N–H and O–H groups in total. The van der Waals surface area contributed by atoms with Crippen LogP contribution in [0.5, 0.6) is 0 Å². The fraction of sp³-hybridized carbons (Fsp3) is 0.929. The molecule has 0 aromatic carbocycles. The van der Waals surface area contributed by atoms with E-state index in [9.17, 15) is 0 Å². The molecule has 18 heavy (non-hydrogen) atoms. The maximum Gasteiger partial charge on any atom is 0.191 e. The van der Waals surface area contributed by atoms with Crippen molar-refractivity contribution in [3.05, 3.63) is 0 Å². The summed E-state index contributed by atoms with van der Waals surface area (Å²) in [5, 5.41) is 0. The van der Waals surface area contributed by atoms with Crippen molar-refractivity contribution in [1.82, 2.24) is 4.90 Å². The molecule has 0 radical (unpaired) electrons. The Labute approximate surface area is 123 Å². The van der Waals surface area contributed by atoms with Gasteiger partial charge < -0.3 is 10.6 Å². The summed E-state index contributed by atoms with van der Waals surface area (Å²) in [5.74, 6) is 0.763. The van der Waals surface area contributed by atoms with Gasteiger partial charge in [-0.2, -0.15) is 0 Å². The first kappa shape index (κ1) is 17.8. The van der Waals surface area contributed by atoms with E-state index < -0.39 is 0 Å². The summed E-state index contributed by atoms with van der Waals surface area (Å²) < 4.78 is 0. The molecule has 1 heterocycles. The molecule has 0 saturated heterocycles. The van der Waals surface area contributed by atoms with Gasteiger partial charge in [-0.05, 0) is 12.8 Å². The zero-order chi connectivity index (χ0) is 12.3. The maximum absolute atomic E-state index is 5.85. The Bertz CT molecular complexity index is 219. The lowest BCUT2D eigenvalue weighted by atomic mass is 10.1. The first-order valence-corrected chi connectivity index (χ1v) is 7.39. The number of unbranched alkanes of at least 4 members (excludes halogenated alkanes) is 7. The molecule has 108 valence electrons. The number of halogens is 1. The van der Waals surface area contributed by atoms with Gasteiger partial charge in [0.25, 0.3) is 0 Å². The largest absolute Gasteiger partial charge is 0.370 e. The van der Waals surface area contributed by atoms with Crippen molar-refractivity contribution < 1.29 is 0 Å². The van der Waals surface area contributed by atoms with Crippen LogP contribution in [0.15, 0.2) is 4.99 Å². The first-order valence-electron chi connectivity index (χ1n) is 7.39. The molecule has 0 saturated carbocycles. The number of guanidine groups is 1. The Kier molecular flexibility index (Phi) is 11.7. The molecule has 0 aromatic heterocycles. The molecule has 0 bridgehead atoms. The average Bonchev–Trinajstić information content (AvgIpc) is 2.35. The highest BCUT2D eigenvalue weighted by atomic mass is 79.9. The van der Waals surface area contributed by atoms with Crippen molar-refractivity contribution in [3.8, 4) is 0 Å². The van der Waals surface area contributed by atoms with Gasteiger partial charge in [0.1, 0.15) is 0 Å². The number of nitrogens with zero attached hydrogens (tertiary/aromatic N) is 2. The van der Waals surface area contributed by atoms with Gasteiger partial charge in [0.05, 0.1) is 0 Å². The van der Waals surface area contributed by atoms with Gasteiger partial charge in [-0.25, -0.2) is 0 Å². The van der Waals surface area contributed by atoms with Gasteiger partial charge in [0.2, 0.25) is 0 Å². The normalized spacial score (nSPS) is 15.2. The van der Waals surface area contributed by atoms with E-state index in [-0.39, 0.29) is 17.0 Å². The molecule has 1 aliphatic heterocycles. The Balaban J connectivity index is 0.00000289. The molecule has 0 spiro atoms. The van der Waals surface area contributed by atoms with E-state index in [0.717, 1.165) is 32.0 Å². The fourth-order valence-electron chi connectivity index (χ4n) is 2.33. The molecule has 0 unspecified atom stereocenters. The zero-order valence-electron chi connectivity index (χ0n) is 11.9. The second-order valence-corrected chi connectivity index (χ2v) is 5.06. The molecule has 0 aliphatic carbocycles. The highest BCUT2D eigenvalue weighted by molar-refractivity contribution is 8.93. The van der Waals surface area contributed by atoms with Crippen LogP contribution in [0.25, 0.3) is 0 Å². The summed E-state index contributed by atoms with van der Waals surface area (Å²) in [4.78, 5) is 6.52. The third-order valence-corrected chi connectivity index (χ3v) is 3.47. The summed E-state index contributed by atoms with van der Waals surface area (Å²) in [6, 6.07) is 0. The minimum Gasteiger partial charge on any atom is -0.370 e. The van der Waals surface area contributed by atoms with E-state index in [1.165, 1.54) is 51.4 Å². The number of hydrogen-bond donors (Lipinski definition) is 1. The molecular formula is C14H30BrN3. The lowest BCUT2D eigenvalue weighted by molar-refractivity contribution is 0.375. The smallest absolute Gasteiger partial charge is 0.191 e. The summed E-state index contributed by atoms with van der Waals surface area (Å²) >= 11 is 0. The Hall–Kier alpha value is -0.250. The van der Waals surface area contributed by atoms with E-state index >= 15 is 0 Å². The Morgan fingerprint density at radius 3 is 2.28 bits per heavy atom. The van der Waals surface area contributed by atoms with Crippen LogP contribution in [0, 0.1) is 0 Å². The highest BCUT2D eigenvalue weighted by Crippen LogP contribution is 2.09. The van der Waals surface area contributed by atoms with Crippen LogP contribution in [0.1, 0.15) is 64.7 Å². The summed E-state index contributed by atoms with van der Waals surface area (Å²) in [6.45, 7) is 5.39. The van der Waals surface area contributed by atoms with E-state index in [1.54, 1.807) is 0 Å². The second-order valence-electron chi connectivity index (χ2n) is 5.06. The van der Waals surface area contributed by atoms with Gasteiger partial charge in [-0.1, -0.05) is 51.9 Å². The standard InChI is InChI=1S/C14H29N3.BrH/c1-2-3-4-5-6-7-8-9-12-17-13-10-11-16-14(17)15;/h2-13H2,1H3,(H2,15,16);1H. The number of nitrogens with two attached hydrogens (primary N) is 1. The minimum atomic E-state index is 0. The minimum absolute atomic E-state index is 0.